The van der Waals surface area contributed by atoms with E-state index in [0.29, 0.717) is 10.0 Å². The quantitative estimate of drug-likeness (QED) is 0.819. The Balaban J connectivity index is 2.16. The zero-order valence-corrected chi connectivity index (χ0v) is 12.1. The van der Waals surface area contributed by atoms with Crippen molar-refractivity contribution in [2.75, 3.05) is 17.2 Å². The Labute approximate surface area is 123 Å². The van der Waals surface area contributed by atoms with Gasteiger partial charge in [0.05, 0.1) is 34.5 Å². The molecule has 0 saturated heterocycles. The van der Waals surface area contributed by atoms with Crippen LogP contribution in [0.3, 0.4) is 0 Å². The topological polar surface area (TPSA) is 37.0 Å². The maximum atomic E-state index is 6.11. The smallest absolute Gasteiger partial charge is 0.0642 e. The first-order chi connectivity index (χ1) is 9.19. The third-order valence-electron chi connectivity index (χ3n) is 2.52. The summed E-state index contributed by atoms with van der Waals surface area (Å²) in [6, 6.07) is 7.29. The molecule has 0 saturated carbocycles. The molecule has 0 amide bonds. The van der Waals surface area contributed by atoms with E-state index in [1.54, 1.807) is 30.6 Å². The molecule has 0 spiro atoms. The Morgan fingerprint density at radius 2 is 1.89 bits per heavy atom. The van der Waals surface area contributed by atoms with Gasteiger partial charge in [-0.15, -0.1) is 0 Å². The van der Waals surface area contributed by atoms with Crippen molar-refractivity contribution in [3.8, 4) is 0 Å². The summed E-state index contributed by atoms with van der Waals surface area (Å²) in [5.74, 6) is 0. The summed E-state index contributed by atoms with van der Waals surface area (Å²) in [5.41, 5.74) is 2.61. The molecule has 1 aromatic carbocycles. The SMILES string of the molecule is CCCNc1cncc(Nc2cc(Cl)ccc2Cl)c1. The molecular weight excluding hydrogens is 281 g/mol. The summed E-state index contributed by atoms with van der Waals surface area (Å²) < 4.78 is 0. The van der Waals surface area contributed by atoms with Crippen LogP contribution < -0.4 is 10.6 Å². The molecule has 0 aliphatic carbocycles. The summed E-state index contributed by atoms with van der Waals surface area (Å²) in [4.78, 5) is 4.18. The first-order valence-electron chi connectivity index (χ1n) is 6.10. The molecule has 0 fully saturated rings. The number of aromatic nitrogens is 1. The van der Waals surface area contributed by atoms with Crippen LogP contribution in [0.2, 0.25) is 10.0 Å². The molecule has 100 valence electrons. The molecule has 1 aromatic heterocycles. The number of pyridine rings is 1. The van der Waals surface area contributed by atoms with E-state index < -0.39 is 0 Å². The number of hydrogen-bond donors (Lipinski definition) is 2. The van der Waals surface area contributed by atoms with E-state index in [0.717, 1.165) is 30.0 Å². The van der Waals surface area contributed by atoms with E-state index in [1.165, 1.54) is 0 Å². The first-order valence-corrected chi connectivity index (χ1v) is 6.85. The lowest BCUT2D eigenvalue weighted by Gasteiger charge is -2.10. The summed E-state index contributed by atoms with van der Waals surface area (Å²) in [7, 11) is 0. The summed E-state index contributed by atoms with van der Waals surface area (Å²) >= 11 is 12.1. The van der Waals surface area contributed by atoms with Gasteiger partial charge in [0, 0.05) is 11.6 Å². The van der Waals surface area contributed by atoms with Crippen molar-refractivity contribution in [3.63, 3.8) is 0 Å². The number of anilines is 3. The molecule has 5 heteroatoms. The fraction of sp³-hybridized carbons (Fsp3) is 0.214. The van der Waals surface area contributed by atoms with Gasteiger partial charge in [0.25, 0.3) is 0 Å². The molecule has 0 aliphatic heterocycles. The fourth-order valence-electron chi connectivity index (χ4n) is 1.62. The minimum absolute atomic E-state index is 0.622. The van der Waals surface area contributed by atoms with E-state index >= 15 is 0 Å². The van der Waals surface area contributed by atoms with Crippen LogP contribution in [0.25, 0.3) is 0 Å². The predicted molar refractivity (Wildman–Crippen MR) is 82.8 cm³/mol. The average molecular weight is 296 g/mol. The molecule has 0 radical (unpaired) electrons. The molecule has 1 heterocycles. The number of benzene rings is 1. The lowest BCUT2D eigenvalue weighted by Crippen LogP contribution is -2.01. The summed E-state index contributed by atoms with van der Waals surface area (Å²) in [5, 5.41) is 7.76. The standard InChI is InChI=1S/C14H15Cl2N3/c1-2-5-18-11-7-12(9-17-8-11)19-14-6-10(15)3-4-13(14)16/h3-4,6-9,18-19H,2,5H2,1H3. The highest BCUT2D eigenvalue weighted by molar-refractivity contribution is 6.35. The Kier molecular flexibility index (Phi) is 4.88. The average Bonchev–Trinajstić information content (AvgIpc) is 2.41. The predicted octanol–water partition coefficient (Wildman–Crippen LogP) is 4.95. The maximum absolute atomic E-state index is 6.11. The molecule has 3 nitrogen and oxygen atoms in total. The zero-order chi connectivity index (χ0) is 13.7. The normalized spacial score (nSPS) is 10.3. The van der Waals surface area contributed by atoms with E-state index in [1.807, 2.05) is 6.07 Å². The lowest BCUT2D eigenvalue weighted by molar-refractivity contribution is 0.978. The van der Waals surface area contributed by atoms with Gasteiger partial charge in [0.15, 0.2) is 0 Å². The second-order valence-corrected chi connectivity index (χ2v) is 4.98. The van der Waals surface area contributed by atoms with Gasteiger partial charge < -0.3 is 10.6 Å². The van der Waals surface area contributed by atoms with Crippen LogP contribution >= 0.6 is 23.2 Å². The highest BCUT2D eigenvalue weighted by Crippen LogP contribution is 2.28. The van der Waals surface area contributed by atoms with Crippen LogP contribution in [0, 0.1) is 0 Å². The number of nitrogens with one attached hydrogen (secondary N) is 2. The van der Waals surface area contributed by atoms with Gasteiger partial charge >= 0.3 is 0 Å². The van der Waals surface area contributed by atoms with Gasteiger partial charge in [-0.25, -0.2) is 0 Å². The van der Waals surface area contributed by atoms with E-state index in [2.05, 4.69) is 22.5 Å². The van der Waals surface area contributed by atoms with Crippen LogP contribution in [0.15, 0.2) is 36.7 Å². The minimum Gasteiger partial charge on any atom is -0.384 e. The van der Waals surface area contributed by atoms with Gasteiger partial charge in [-0.05, 0) is 30.7 Å². The van der Waals surface area contributed by atoms with Crippen molar-refractivity contribution in [3.05, 3.63) is 46.7 Å². The van der Waals surface area contributed by atoms with Crippen molar-refractivity contribution in [2.24, 2.45) is 0 Å². The van der Waals surface area contributed by atoms with Crippen molar-refractivity contribution in [1.29, 1.82) is 0 Å². The Morgan fingerprint density at radius 1 is 1.11 bits per heavy atom. The molecule has 0 aliphatic rings. The van der Waals surface area contributed by atoms with Gasteiger partial charge in [-0.3, -0.25) is 4.98 Å². The third kappa shape index (κ3) is 4.01. The molecule has 0 bridgehead atoms. The highest BCUT2D eigenvalue weighted by Gasteiger charge is 2.03. The van der Waals surface area contributed by atoms with Crippen LogP contribution in [-0.2, 0) is 0 Å². The molecule has 0 atom stereocenters. The number of rotatable bonds is 5. The van der Waals surface area contributed by atoms with Crippen molar-refractivity contribution >= 4 is 40.3 Å². The van der Waals surface area contributed by atoms with Crippen LogP contribution in [0.5, 0.6) is 0 Å². The Hall–Kier alpha value is -1.45. The van der Waals surface area contributed by atoms with E-state index in [4.69, 9.17) is 23.2 Å². The van der Waals surface area contributed by atoms with Gasteiger partial charge in [0.1, 0.15) is 0 Å². The number of halogens is 2. The van der Waals surface area contributed by atoms with Crippen LogP contribution in [0.1, 0.15) is 13.3 Å². The molecule has 2 N–H and O–H groups in total. The molecule has 0 unspecified atom stereocenters. The maximum Gasteiger partial charge on any atom is 0.0642 e. The van der Waals surface area contributed by atoms with Crippen molar-refractivity contribution in [2.45, 2.75) is 13.3 Å². The minimum atomic E-state index is 0.622. The van der Waals surface area contributed by atoms with Gasteiger partial charge in [-0.1, -0.05) is 30.1 Å². The molecule has 2 aromatic rings. The van der Waals surface area contributed by atoms with Gasteiger partial charge in [-0.2, -0.15) is 0 Å². The third-order valence-corrected chi connectivity index (χ3v) is 3.09. The number of hydrogen-bond acceptors (Lipinski definition) is 3. The summed E-state index contributed by atoms with van der Waals surface area (Å²) in [6.07, 6.45) is 4.60. The van der Waals surface area contributed by atoms with E-state index in [-0.39, 0.29) is 0 Å². The number of nitrogens with zero attached hydrogens (tertiary/aromatic N) is 1. The fourth-order valence-corrected chi connectivity index (χ4v) is 1.96. The summed E-state index contributed by atoms with van der Waals surface area (Å²) in [6.45, 7) is 3.04. The first kappa shape index (κ1) is 14.0. The van der Waals surface area contributed by atoms with Crippen molar-refractivity contribution in [1.82, 2.24) is 4.98 Å². The molecule has 2 rings (SSSR count). The monoisotopic (exact) mass is 295 g/mol. The van der Waals surface area contributed by atoms with Gasteiger partial charge in [0.2, 0.25) is 0 Å². The second kappa shape index (κ2) is 6.64. The Morgan fingerprint density at radius 3 is 2.68 bits per heavy atom. The Bertz CT molecular complexity index is 558. The second-order valence-electron chi connectivity index (χ2n) is 4.14. The molecular formula is C14H15Cl2N3. The molecule has 19 heavy (non-hydrogen) atoms. The zero-order valence-electron chi connectivity index (χ0n) is 10.6. The highest BCUT2D eigenvalue weighted by atomic mass is 35.5. The lowest BCUT2D eigenvalue weighted by atomic mass is 10.3. The van der Waals surface area contributed by atoms with Crippen LogP contribution in [0.4, 0.5) is 17.1 Å². The van der Waals surface area contributed by atoms with Crippen LogP contribution in [-0.4, -0.2) is 11.5 Å². The van der Waals surface area contributed by atoms with E-state index in [9.17, 15) is 0 Å². The largest absolute Gasteiger partial charge is 0.384 e. The van der Waals surface area contributed by atoms with Crippen molar-refractivity contribution < 1.29 is 0 Å².